The standard InChI is InChI=1S/C7H11N3.C2H6/c1-4-10-7(6(2)3)5-8-9-10;1-2/h4,7H,1-2,5H2,3H3;1-2H3. The Labute approximate surface area is 74.5 Å². The van der Waals surface area contributed by atoms with Gasteiger partial charge in [0.15, 0.2) is 0 Å². The minimum Gasteiger partial charge on any atom is -0.246 e. The van der Waals surface area contributed by atoms with Gasteiger partial charge in [-0.05, 0) is 6.92 Å². The van der Waals surface area contributed by atoms with E-state index >= 15 is 0 Å². The Morgan fingerprint density at radius 3 is 2.50 bits per heavy atom. The Hall–Kier alpha value is -1.12. The minimum absolute atomic E-state index is 0.234. The molecule has 0 amide bonds. The molecule has 0 radical (unpaired) electrons. The molecule has 0 aromatic carbocycles. The van der Waals surface area contributed by atoms with Crippen LogP contribution >= 0.6 is 0 Å². The fourth-order valence-corrected chi connectivity index (χ4v) is 0.878. The van der Waals surface area contributed by atoms with Crippen molar-refractivity contribution in [3.05, 3.63) is 24.9 Å². The van der Waals surface area contributed by atoms with E-state index in [1.165, 1.54) is 0 Å². The molecule has 1 atom stereocenters. The summed E-state index contributed by atoms with van der Waals surface area (Å²) in [5.41, 5.74) is 1.07. The topological polar surface area (TPSA) is 28.0 Å². The van der Waals surface area contributed by atoms with Gasteiger partial charge in [0, 0.05) is 6.20 Å². The molecule has 1 aliphatic heterocycles. The van der Waals surface area contributed by atoms with Gasteiger partial charge in [-0.3, -0.25) is 0 Å². The summed E-state index contributed by atoms with van der Waals surface area (Å²) in [5, 5.41) is 9.42. The van der Waals surface area contributed by atoms with Gasteiger partial charge in [0.25, 0.3) is 0 Å². The van der Waals surface area contributed by atoms with Crippen LogP contribution in [0.4, 0.5) is 0 Å². The highest BCUT2D eigenvalue weighted by molar-refractivity contribution is 5.06. The molecule has 0 saturated carbocycles. The van der Waals surface area contributed by atoms with E-state index in [0.717, 1.165) is 5.57 Å². The van der Waals surface area contributed by atoms with Crippen LogP contribution in [-0.4, -0.2) is 17.6 Å². The van der Waals surface area contributed by atoms with Crippen LogP contribution in [0.25, 0.3) is 0 Å². The molecule has 12 heavy (non-hydrogen) atoms. The Morgan fingerprint density at radius 1 is 1.58 bits per heavy atom. The first kappa shape index (κ1) is 10.9. The van der Waals surface area contributed by atoms with Crippen molar-refractivity contribution in [2.24, 2.45) is 10.3 Å². The zero-order chi connectivity index (χ0) is 9.56. The molecule has 1 unspecified atom stereocenters. The lowest BCUT2D eigenvalue weighted by molar-refractivity contribution is 0.369. The predicted octanol–water partition coefficient (Wildman–Crippen LogP) is 2.78. The fourth-order valence-electron chi connectivity index (χ4n) is 0.878. The molecule has 0 aromatic heterocycles. The summed E-state index contributed by atoms with van der Waals surface area (Å²) in [6.45, 7) is 14.1. The summed E-state index contributed by atoms with van der Waals surface area (Å²) in [7, 11) is 0. The molecule has 3 heteroatoms. The highest BCUT2D eigenvalue weighted by Crippen LogP contribution is 2.15. The molecular weight excluding hydrogens is 150 g/mol. The molecule has 1 aliphatic rings. The van der Waals surface area contributed by atoms with Gasteiger partial charge in [0.2, 0.25) is 0 Å². The highest BCUT2D eigenvalue weighted by atomic mass is 15.6. The van der Waals surface area contributed by atoms with Gasteiger partial charge in [0.05, 0.1) is 12.6 Å². The minimum atomic E-state index is 0.234. The molecular formula is C9H17N3. The van der Waals surface area contributed by atoms with Crippen molar-refractivity contribution in [3.63, 3.8) is 0 Å². The van der Waals surface area contributed by atoms with Gasteiger partial charge < -0.3 is 0 Å². The lowest BCUT2D eigenvalue weighted by Gasteiger charge is -2.16. The van der Waals surface area contributed by atoms with Crippen LogP contribution < -0.4 is 0 Å². The number of hydrogen-bond donors (Lipinski definition) is 0. The van der Waals surface area contributed by atoms with Crippen molar-refractivity contribution in [2.75, 3.05) is 6.54 Å². The van der Waals surface area contributed by atoms with E-state index in [1.54, 1.807) is 11.2 Å². The average Bonchev–Trinajstić information content (AvgIpc) is 2.55. The van der Waals surface area contributed by atoms with E-state index in [0.29, 0.717) is 6.54 Å². The second kappa shape index (κ2) is 5.52. The maximum atomic E-state index is 3.86. The smallest absolute Gasteiger partial charge is 0.0953 e. The Kier molecular flexibility index (Phi) is 5.00. The van der Waals surface area contributed by atoms with Crippen LogP contribution in [0.1, 0.15) is 20.8 Å². The van der Waals surface area contributed by atoms with Crippen LogP contribution in [0.3, 0.4) is 0 Å². The van der Waals surface area contributed by atoms with Crippen molar-refractivity contribution in [3.8, 4) is 0 Å². The van der Waals surface area contributed by atoms with Crippen molar-refractivity contribution in [1.82, 2.24) is 5.01 Å². The molecule has 0 N–H and O–H groups in total. The van der Waals surface area contributed by atoms with Gasteiger partial charge in [-0.2, -0.15) is 5.11 Å². The van der Waals surface area contributed by atoms with Crippen LogP contribution in [-0.2, 0) is 0 Å². The normalized spacial score (nSPS) is 19.9. The zero-order valence-electron chi connectivity index (χ0n) is 8.12. The Morgan fingerprint density at radius 2 is 2.17 bits per heavy atom. The molecule has 0 aromatic rings. The fraction of sp³-hybridized carbons (Fsp3) is 0.556. The second-order valence-electron chi connectivity index (χ2n) is 2.34. The van der Waals surface area contributed by atoms with E-state index in [1.807, 2.05) is 20.8 Å². The molecule has 1 rings (SSSR count). The van der Waals surface area contributed by atoms with Crippen LogP contribution in [0.2, 0.25) is 0 Å². The molecule has 0 fully saturated rings. The molecule has 1 heterocycles. The third kappa shape index (κ3) is 2.49. The van der Waals surface area contributed by atoms with E-state index in [-0.39, 0.29) is 6.04 Å². The summed E-state index contributed by atoms with van der Waals surface area (Å²) in [4.78, 5) is 0. The summed E-state index contributed by atoms with van der Waals surface area (Å²) in [6.07, 6.45) is 1.66. The SMILES string of the molecule is C=CN1N=NCC1C(=C)C.CC. The maximum absolute atomic E-state index is 3.86. The predicted molar refractivity (Wildman–Crippen MR) is 51.7 cm³/mol. The summed E-state index contributed by atoms with van der Waals surface area (Å²) in [5.74, 6) is 0. The van der Waals surface area contributed by atoms with E-state index in [2.05, 4.69) is 23.5 Å². The maximum Gasteiger partial charge on any atom is 0.0953 e. The van der Waals surface area contributed by atoms with Crippen molar-refractivity contribution in [2.45, 2.75) is 26.8 Å². The first-order valence-corrected chi connectivity index (χ1v) is 4.19. The van der Waals surface area contributed by atoms with Gasteiger partial charge in [-0.25, -0.2) is 5.01 Å². The van der Waals surface area contributed by atoms with E-state index < -0.39 is 0 Å². The Balaban J connectivity index is 0.000000561. The molecule has 0 saturated heterocycles. The summed E-state index contributed by atoms with van der Waals surface area (Å²) < 4.78 is 0. The number of hydrogen-bond acceptors (Lipinski definition) is 3. The highest BCUT2D eigenvalue weighted by Gasteiger charge is 2.19. The van der Waals surface area contributed by atoms with Gasteiger partial charge in [0.1, 0.15) is 0 Å². The third-order valence-electron chi connectivity index (χ3n) is 1.50. The zero-order valence-corrected chi connectivity index (χ0v) is 8.12. The van der Waals surface area contributed by atoms with Gasteiger partial charge in [-0.15, -0.1) is 0 Å². The first-order chi connectivity index (χ1) is 5.75. The lowest BCUT2D eigenvalue weighted by atomic mass is 10.1. The van der Waals surface area contributed by atoms with Crippen LogP contribution in [0.5, 0.6) is 0 Å². The molecule has 0 aliphatic carbocycles. The van der Waals surface area contributed by atoms with Crippen LogP contribution in [0.15, 0.2) is 35.3 Å². The number of nitrogens with zero attached hydrogens (tertiary/aromatic N) is 3. The number of rotatable bonds is 2. The van der Waals surface area contributed by atoms with Crippen molar-refractivity contribution < 1.29 is 0 Å². The van der Waals surface area contributed by atoms with E-state index in [4.69, 9.17) is 0 Å². The van der Waals surface area contributed by atoms with Crippen molar-refractivity contribution in [1.29, 1.82) is 0 Å². The summed E-state index contributed by atoms with van der Waals surface area (Å²) >= 11 is 0. The molecule has 3 nitrogen and oxygen atoms in total. The average molecular weight is 167 g/mol. The quantitative estimate of drug-likeness (QED) is 0.581. The van der Waals surface area contributed by atoms with E-state index in [9.17, 15) is 0 Å². The lowest BCUT2D eigenvalue weighted by Crippen LogP contribution is -2.24. The largest absolute Gasteiger partial charge is 0.246 e. The molecule has 68 valence electrons. The molecule has 0 bridgehead atoms. The monoisotopic (exact) mass is 167 g/mol. The molecule has 0 spiro atoms. The first-order valence-electron chi connectivity index (χ1n) is 4.19. The third-order valence-corrected chi connectivity index (χ3v) is 1.50. The van der Waals surface area contributed by atoms with Crippen molar-refractivity contribution >= 4 is 0 Å². The van der Waals surface area contributed by atoms with Crippen LogP contribution in [0, 0.1) is 0 Å². The van der Waals surface area contributed by atoms with Gasteiger partial charge in [-0.1, -0.05) is 37.8 Å². The second-order valence-corrected chi connectivity index (χ2v) is 2.34. The summed E-state index contributed by atoms with van der Waals surface area (Å²) in [6, 6.07) is 0.234. The Bertz CT molecular complexity index is 184. The van der Waals surface area contributed by atoms with Gasteiger partial charge >= 0.3 is 0 Å².